The van der Waals surface area contributed by atoms with Crippen LogP contribution in [0.5, 0.6) is 0 Å². The standard InChI is InChI=1S/C28H28N8O3/c1-29-15-22-21(17-8-10-20(11-9-17)36-16-31-35(4)28(36)39)12-13-23-24(22)25(33-34(23)3)27(38)32-19-7-5-6-18(14-19)26(37)30-2/h5-14,16,29H,15H2,1-4H3,(H,30,37)(H,32,38). The van der Waals surface area contributed by atoms with Gasteiger partial charge in [-0.05, 0) is 60.1 Å². The predicted octanol–water partition coefficient (Wildman–Crippen LogP) is 2.46. The second kappa shape index (κ2) is 10.4. The van der Waals surface area contributed by atoms with Crippen LogP contribution in [0.25, 0.3) is 27.7 Å². The Balaban J connectivity index is 1.56. The molecule has 0 saturated heterocycles. The van der Waals surface area contributed by atoms with Crippen LogP contribution in [-0.2, 0) is 20.6 Å². The average Bonchev–Trinajstić information content (AvgIpc) is 3.47. The highest BCUT2D eigenvalue weighted by molar-refractivity contribution is 6.13. The van der Waals surface area contributed by atoms with Gasteiger partial charge in [0.1, 0.15) is 6.33 Å². The average molecular weight is 525 g/mol. The van der Waals surface area contributed by atoms with Crippen LogP contribution >= 0.6 is 0 Å². The van der Waals surface area contributed by atoms with Crippen molar-refractivity contribution in [1.82, 2.24) is 34.8 Å². The van der Waals surface area contributed by atoms with E-state index in [9.17, 15) is 14.4 Å². The van der Waals surface area contributed by atoms with Gasteiger partial charge in [0.15, 0.2) is 5.69 Å². The molecule has 0 saturated carbocycles. The molecule has 3 N–H and O–H groups in total. The van der Waals surface area contributed by atoms with Crippen LogP contribution in [0.3, 0.4) is 0 Å². The lowest BCUT2D eigenvalue weighted by Gasteiger charge is -2.13. The van der Waals surface area contributed by atoms with Gasteiger partial charge in [0, 0.05) is 44.3 Å². The van der Waals surface area contributed by atoms with Crippen molar-refractivity contribution in [1.29, 1.82) is 0 Å². The van der Waals surface area contributed by atoms with E-state index in [1.807, 2.05) is 43.4 Å². The predicted molar refractivity (Wildman–Crippen MR) is 149 cm³/mol. The molecule has 5 rings (SSSR count). The quantitative estimate of drug-likeness (QED) is 0.300. The summed E-state index contributed by atoms with van der Waals surface area (Å²) >= 11 is 0. The van der Waals surface area contributed by atoms with E-state index in [2.05, 4.69) is 26.1 Å². The van der Waals surface area contributed by atoms with Crippen LogP contribution in [0.15, 0.2) is 71.8 Å². The maximum atomic E-state index is 13.5. The smallest absolute Gasteiger partial charge is 0.350 e. The molecule has 3 aromatic carbocycles. The van der Waals surface area contributed by atoms with Gasteiger partial charge in [0.05, 0.1) is 11.2 Å². The fourth-order valence-corrected chi connectivity index (χ4v) is 4.65. The van der Waals surface area contributed by atoms with Crippen molar-refractivity contribution in [2.75, 3.05) is 19.4 Å². The molecule has 0 spiro atoms. The molecule has 5 aromatic rings. The van der Waals surface area contributed by atoms with Gasteiger partial charge >= 0.3 is 5.69 Å². The number of nitrogens with zero attached hydrogens (tertiary/aromatic N) is 5. The van der Waals surface area contributed by atoms with E-state index in [1.165, 1.54) is 15.6 Å². The number of carbonyl (C=O) groups is 2. The number of aromatic nitrogens is 5. The molecular formula is C28H28N8O3. The van der Waals surface area contributed by atoms with Crippen LogP contribution < -0.4 is 21.6 Å². The van der Waals surface area contributed by atoms with Gasteiger partial charge in [0.25, 0.3) is 11.8 Å². The molecule has 2 amide bonds. The number of aryl methyl sites for hydroxylation is 2. The number of fused-ring (bicyclic) bond motifs is 1. The molecule has 198 valence electrons. The van der Waals surface area contributed by atoms with Crippen molar-refractivity contribution in [2.45, 2.75) is 6.54 Å². The number of hydrogen-bond donors (Lipinski definition) is 3. The summed E-state index contributed by atoms with van der Waals surface area (Å²) in [6.07, 6.45) is 1.49. The van der Waals surface area contributed by atoms with E-state index >= 15 is 0 Å². The number of hydrogen-bond acceptors (Lipinski definition) is 6. The molecule has 0 aliphatic rings. The van der Waals surface area contributed by atoms with E-state index in [0.717, 1.165) is 27.6 Å². The first-order chi connectivity index (χ1) is 18.8. The number of anilines is 1. The van der Waals surface area contributed by atoms with Gasteiger partial charge in [-0.3, -0.25) is 14.3 Å². The zero-order valence-corrected chi connectivity index (χ0v) is 22.0. The first-order valence-corrected chi connectivity index (χ1v) is 12.3. The maximum absolute atomic E-state index is 13.5. The van der Waals surface area contributed by atoms with Crippen LogP contribution in [0, 0.1) is 0 Å². The molecular weight excluding hydrogens is 496 g/mol. The van der Waals surface area contributed by atoms with Gasteiger partial charge in [-0.1, -0.05) is 24.3 Å². The third kappa shape index (κ3) is 4.71. The first-order valence-electron chi connectivity index (χ1n) is 12.3. The van der Waals surface area contributed by atoms with Crippen molar-refractivity contribution in [3.05, 3.63) is 94.3 Å². The minimum absolute atomic E-state index is 0.230. The number of amides is 2. The van der Waals surface area contributed by atoms with Crippen molar-refractivity contribution in [3.63, 3.8) is 0 Å². The zero-order chi connectivity index (χ0) is 27.7. The molecule has 0 aliphatic heterocycles. The molecule has 0 fully saturated rings. The van der Waals surface area contributed by atoms with Crippen molar-refractivity contribution < 1.29 is 9.59 Å². The normalized spacial score (nSPS) is 11.1. The fourth-order valence-electron chi connectivity index (χ4n) is 4.65. The Kier molecular flexibility index (Phi) is 6.82. The third-order valence-corrected chi connectivity index (χ3v) is 6.58. The number of nitrogens with one attached hydrogen (secondary N) is 3. The topological polar surface area (TPSA) is 128 Å². The van der Waals surface area contributed by atoms with Crippen molar-refractivity contribution in [2.24, 2.45) is 14.1 Å². The summed E-state index contributed by atoms with van der Waals surface area (Å²) in [5, 5.41) is 18.0. The molecule has 0 bridgehead atoms. The Morgan fingerprint density at radius 2 is 1.69 bits per heavy atom. The molecule has 0 unspecified atom stereocenters. The maximum Gasteiger partial charge on any atom is 0.350 e. The van der Waals surface area contributed by atoms with E-state index in [-0.39, 0.29) is 23.2 Å². The second-order valence-corrected chi connectivity index (χ2v) is 9.06. The van der Waals surface area contributed by atoms with Gasteiger partial charge in [-0.15, -0.1) is 0 Å². The number of rotatable bonds is 7. The number of benzene rings is 3. The minimum Gasteiger partial charge on any atom is -0.355 e. The lowest BCUT2D eigenvalue weighted by Crippen LogP contribution is -2.21. The molecule has 39 heavy (non-hydrogen) atoms. The van der Waals surface area contributed by atoms with Crippen molar-refractivity contribution >= 4 is 28.4 Å². The summed E-state index contributed by atoms with van der Waals surface area (Å²) in [7, 11) is 6.81. The highest BCUT2D eigenvalue weighted by Gasteiger charge is 2.22. The Morgan fingerprint density at radius 3 is 2.36 bits per heavy atom. The molecule has 2 heterocycles. The molecule has 0 atom stereocenters. The number of carbonyl (C=O) groups excluding carboxylic acids is 2. The Hall–Kier alpha value is -5.03. The largest absolute Gasteiger partial charge is 0.355 e. The van der Waals surface area contributed by atoms with Crippen LogP contribution in [0.4, 0.5) is 5.69 Å². The second-order valence-electron chi connectivity index (χ2n) is 9.06. The van der Waals surface area contributed by atoms with Crippen LogP contribution in [0.2, 0.25) is 0 Å². The molecule has 0 aliphatic carbocycles. The Bertz CT molecular complexity index is 1760. The summed E-state index contributed by atoms with van der Waals surface area (Å²) < 4.78 is 4.44. The summed E-state index contributed by atoms with van der Waals surface area (Å²) in [5.74, 6) is -0.620. The van der Waals surface area contributed by atoms with Crippen molar-refractivity contribution in [3.8, 4) is 16.8 Å². The zero-order valence-electron chi connectivity index (χ0n) is 22.0. The molecule has 11 nitrogen and oxygen atoms in total. The summed E-state index contributed by atoms with van der Waals surface area (Å²) in [6.45, 7) is 0.495. The summed E-state index contributed by atoms with van der Waals surface area (Å²) in [6, 6.07) is 18.3. The Morgan fingerprint density at radius 1 is 0.923 bits per heavy atom. The third-order valence-electron chi connectivity index (χ3n) is 6.58. The fraction of sp³-hybridized carbons (Fsp3) is 0.179. The van der Waals surface area contributed by atoms with Gasteiger partial charge in [-0.2, -0.15) is 10.2 Å². The summed E-state index contributed by atoms with van der Waals surface area (Å²) in [4.78, 5) is 37.8. The SMILES string of the molecule is CNCc1c(-c2ccc(-n3cnn(C)c3=O)cc2)ccc2c1c(C(=O)Nc1cccc(C(=O)NC)c1)nn2C. The monoisotopic (exact) mass is 524 g/mol. The highest BCUT2D eigenvalue weighted by atomic mass is 16.2. The molecule has 0 radical (unpaired) electrons. The van der Waals surface area contributed by atoms with E-state index < -0.39 is 0 Å². The van der Waals surface area contributed by atoms with Crippen LogP contribution in [0.1, 0.15) is 26.4 Å². The summed E-state index contributed by atoms with van der Waals surface area (Å²) in [5.41, 5.74) is 5.28. The van der Waals surface area contributed by atoms with Gasteiger partial charge in [-0.25, -0.2) is 14.0 Å². The Labute approximate surface area is 224 Å². The lowest BCUT2D eigenvalue weighted by molar-refractivity contribution is 0.0961. The van der Waals surface area contributed by atoms with Gasteiger partial charge < -0.3 is 16.0 Å². The van der Waals surface area contributed by atoms with E-state index in [0.29, 0.717) is 23.5 Å². The van der Waals surface area contributed by atoms with E-state index in [1.54, 1.807) is 50.1 Å². The lowest BCUT2D eigenvalue weighted by atomic mass is 9.95. The van der Waals surface area contributed by atoms with Crippen LogP contribution in [-0.4, -0.2) is 50.0 Å². The molecule has 2 aromatic heterocycles. The molecule has 11 heteroatoms. The highest BCUT2D eigenvalue weighted by Crippen LogP contribution is 2.33. The minimum atomic E-state index is -0.379. The van der Waals surface area contributed by atoms with E-state index in [4.69, 9.17) is 0 Å². The first kappa shape index (κ1) is 25.6. The van der Waals surface area contributed by atoms with Gasteiger partial charge in [0.2, 0.25) is 0 Å².